The Labute approximate surface area is 173 Å². The van der Waals surface area contributed by atoms with Crippen LogP contribution >= 0.6 is 17.8 Å². The van der Waals surface area contributed by atoms with Crippen LogP contribution in [0.2, 0.25) is 0 Å². The minimum absolute atomic E-state index is 0.356. The van der Waals surface area contributed by atoms with Crippen LogP contribution in [0, 0.1) is 0 Å². The summed E-state index contributed by atoms with van der Waals surface area (Å²) in [4.78, 5) is 4.13. The van der Waals surface area contributed by atoms with Crippen molar-refractivity contribution in [3.63, 3.8) is 0 Å². The summed E-state index contributed by atoms with van der Waals surface area (Å²) < 4.78 is 1.14. The molecule has 7 heteroatoms. The van der Waals surface area contributed by atoms with Crippen LogP contribution in [0.1, 0.15) is 18.2 Å². The predicted molar refractivity (Wildman–Crippen MR) is 113 cm³/mol. The summed E-state index contributed by atoms with van der Waals surface area (Å²) in [6.45, 7) is 1.77. The van der Waals surface area contributed by atoms with E-state index in [1.54, 1.807) is 37.4 Å². The van der Waals surface area contributed by atoms with Crippen molar-refractivity contribution in [3.05, 3.63) is 96.3 Å². The summed E-state index contributed by atoms with van der Waals surface area (Å²) >= 11 is -2.08. The second kappa shape index (κ2) is 11.7. The van der Waals surface area contributed by atoms with Gasteiger partial charge in [0.1, 0.15) is 0 Å². The molecule has 0 fully saturated rings. The molecule has 4 nitrogen and oxygen atoms in total. The van der Waals surface area contributed by atoms with Crippen LogP contribution in [-0.4, -0.2) is 34.1 Å². The number of rotatable bonds is 4. The molecule has 136 valence electrons. The van der Waals surface area contributed by atoms with Crippen molar-refractivity contribution >= 4 is 50.5 Å². The quantitative estimate of drug-likeness (QED) is 0.236. The molecule has 0 aliphatic heterocycles. The van der Waals surface area contributed by atoms with E-state index in [0.29, 0.717) is 17.0 Å². The zero-order valence-corrected chi connectivity index (χ0v) is 19.0. The SMILES string of the molecule is C/C(=N\N=C(\[O-])c1ccccc1)c1ccccn1.[Cl][Sn+]([Cl])[c]1ccccc1. The van der Waals surface area contributed by atoms with E-state index in [4.69, 9.17) is 17.8 Å². The van der Waals surface area contributed by atoms with E-state index in [-0.39, 0.29) is 5.90 Å². The number of pyridine rings is 1. The van der Waals surface area contributed by atoms with Crippen LogP contribution in [0.15, 0.2) is 95.3 Å². The van der Waals surface area contributed by atoms with E-state index >= 15 is 0 Å². The third-order valence-corrected chi connectivity index (χ3v) is 8.46. The average Bonchev–Trinajstić information content (AvgIpc) is 2.74. The Morgan fingerprint density at radius 1 is 0.852 bits per heavy atom. The van der Waals surface area contributed by atoms with E-state index in [2.05, 4.69) is 15.2 Å². The fraction of sp³-hybridized carbons (Fsp3) is 0.0500. The summed E-state index contributed by atoms with van der Waals surface area (Å²) in [5, 5.41) is 19.3. The molecule has 0 atom stereocenters. The van der Waals surface area contributed by atoms with Gasteiger partial charge in [-0.3, -0.25) is 4.98 Å². The van der Waals surface area contributed by atoms with Crippen molar-refractivity contribution in [1.82, 2.24) is 4.98 Å². The van der Waals surface area contributed by atoms with Gasteiger partial charge >= 0.3 is 69.3 Å². The van der Waals surface area contributed by atoms with E-state index in [9.17, 15) is 5.11 Å². The van der Waals surface area contributed by atoms with Gasteiger partial charge in [0.15, 0.2) is 0 Å². The van der Waals surface area contributed by atoms with Gasteiger partial charge < -0.3 is 5.11 Å². The third kappa shape index (κ3) is 7.70. The fourth-order valence-corrected chi connectivity index (χ4v) is 4.91. The van der Waals surface area contributed by atoms with Gasteiger partial charge in [0.05, 0.1) is 11.4 Å². The van der Waals surface area contributed by atoms with Gasteiger partial charge in [0.2, 0.25) is 0 Å². The number of benzene rings is 2. The summed E-state index contributed by atoms with van der Waals surface area (Å²) in [7, 11) is 11.5. The first kappa shape index (κ1) is 21.4. The number of halogens is 2. The minimum atomic E-state index is -2.08. The summed E-state index contributed by atoms with van der Waals surface area (Å²) in [5.74, 6) is -0.356. The normalized spacial score (nSPS) is 11.4. The first-order chi connectivity index (χ1) is 13.1. The van der Waals surface area contributed by atoms with Crippen molar-refractivity contribution in [1.29, 1.82) is 0 Å². The van der Waals surface area contributed by atoms with Crippen molar-refractivity contribution in [2.24, 2.45) is 10.2 Å². The van der Waals surface area contributed by atoms with E-state index in [0.717, 1.165) is 3.58 Å². The molecule has 0 bridgehead atoms. The van der Waals surface area contributed by atoms with Gasteiger partial charge in [0.25, 0.3) is 0 Å². The Morgan fingerprint density at radius 3 is 1.96 bits per heavy atom. The molecule has 3 aromatic rings. The topological polar surface area (TPSA) is 60.7 Å². The van der Waals surface area contributed by atoms with Crippen LogP contribution in [-0.2, 0) is 0 Å². The Kier molecular flexibility index (Phi) is 9.31. The average molecular weight is 505 g/mol. The molecule has 0 amide bonds. The Morgan fingerprint density at radius 2 is 1.44 bits per heavy atom. The van der Waals surface area contributed by atoms with Gasteiger partial charge in [-0.2, -0.15) is 10.2 Å². The van der Waals surface area contributed by atoms with E-state index < -0.39 is 17.5 Å². The predicted octanol–water partition coefficient (Wildman–Crippen LogP) is 3.47. The van der Waals surface area contributed by atoms with Crippen LogP contribution in [0.4, 0.5) is 0 Å². The fourth-order valence-electron chi connectivity index (χ4n) is 1.95. The number of hydrogen-bond acceptors (Lipinski definition) is 4. The van der Waals surface area contributed by atoms with Gasteiger partial charge in [-0.1, -0.05) is 36.4 Å². The van der Waals surface area contributed by atoms with Crippen LogP contribution in [0.5, 0.6) is 0 Å². The zero-order valence-electron chi connectivity index (χ0n) is 14.6. The van der Waals surface area contributed by atoms with Gasteiger partial charge in [0, 0.05) is 12.1 Å². The Balaban J connectivity index is 0.000000244. The van der Waals surface area contributed by atoms with Gasteiger partial charge in [-0.05, 0) is 24.6 Å². The number of hydrogen-bond donors (Lipinski definition) is 0. The van der Waals surface area contributed by atoms with Crippen LogP contribution in [0.3, 0.4) is 0 Å². The molecular formula is C20H17Cl2N3OSn. The molecule has 1 heterocycles. The molecule has 0 saturated carbocycles. The van der Waals surface area contributed by atoms with Crippen LogP contribution in [0.25, 0.3) is 0 Å². The standard InChI is InChI=1S/C14H13N3O.C6H5.2ClH.Sn/c1-11(13-9-5-6-10-15-13)16-17-14(18)12-7-3-2-4-8-12;1-2-4-6-5-3-1;;;/h2-10H,1H3,(H,17,18);1-5H;2*1H;/q;;;;+3/p-3/b16-11+;;;;. The summed E-state index contributed by atoms with van der Waals surface area (Å²) in [5.41, 5.74) is 1.84. The molecule has 0 aliphatic carbocycles. The van der Waals surface area contributed by atoms with Crippen molar-refractivity contribution < 1.29 is 5.11 Å². The molecule has 0 aliphatic rings. The second-order valence-corrected chi connectivity index (χ2v) is 14.8. The molecule has 0 saturated heterocycles. The van der Waals surface area contributed by atoms with Crippen molar-refractivity contribution in [2.45, 2.75) is 6.92 Å². The molecule has 0 unspecified atom stereocenters. The Hall–Kier alpha value is -1.89. The number of aromatic nitrogens is 1. The third-order valence-electron chi connectivity index (χ3n) is 3.34. The first-order valence-corrected chi connectivity index (χ1v) is 16.7. The maximum atomic E-state index is 11.7. The van der Waals surface area contributed by atoms with Crippen LogP contribution < -0.4 is 8.69 Å². The molecule has 0 spiro atoms. The van der Waals surface area contributed by atoms with Crippen molar-refractivity contribution in [2.75, 3.05) is 0 Å². The molecule has 2 aromatic carbocycles. The summed E-state index contributed by atoms with van der Waals surface area (Å²) in [6.07, 6.45) is 1.67. The van der Waals surface area contributed by atoms with Gasteiger partial charge in [-0.25, -0.2) is 0 Å². The maximum absolute atomic E-state index is 11.7. The molecular weight excluding hydrogens is 488 g/mol. The molecule has 3 rings (SSSR count). The van der Waals surface area contributed by atoms with E-state index in [1.165, 1.54) is 0 Å². The number of nitrogens with zero attached hydrogens (tertiary/aromatic N) is 3. The Bertz CT molecular complexity index is 820. The second-order valence-electron chi connectivity index (χ2n) is 5.30. The monoisotopic (exact) mass is 505 g/mol. The zero-order chi connectivity index (χ0) is 19.5. The molecule has 0 radical (unpaired) electrons. The van der Waals surface area contributed by atoms with Crippen molar-refractivity contribution in [3.8, 4) is 0 Å². The molecule has 0 N–H and O–H groups in total. The van der Waals surface area contributed by atoms with Gasteiger partial charge in [-0.15, -0.1) is 0 Å². The van der Waals surface area contributed by atoms with E-state index in [1.807, 2.05) is 54.6 Å². The first-order valence-electron chi connectivity index (χ1n) is 8.07. The summed E-state index contributed by atoms with van der Waals surface area (Å²) in [6, 6.07) is 24.2. The molecule has 1 aromatic heterocycles. The molecule has 27 heavy (non-hydrogen) atoms.